The lowest BCUT2D eigenvalue weighted by Gasteiger charge is -2.32. The summed E-state index contributed by atoms with van der Waals surface area (Å²) in [7, 11) is 2.90. The molecule has 1 amide bonds. The summed E-state index contributed by atoms with van der Waals surface area (Å²) in [6, 6.07) is 4.03. The van der Waals surface area contributed by atoms with Crippen LogP contribution in [0.4, 0.5) is 18.0 Å². The molecule has 0 saturated carbocycles. The summed E-state index contributed by atoms with van der Waals surface area (Å²) < 4.78 is 51.1. The highest BCUT2D eigenvalue weighted by Gasteiger charge is 2.34. The van der Waals surface area contributed by atoms with Crippen LogP contribution in [0.2, 0.25) is 0 Å². The molecule has 1 aliphatic rings. The van der Waals surface area contributed by atoms with E-state index in [4.69, 9.17) is 9.47 Å². The number of amides is 1. The van der Waals surface area contributed by atoms with Gasteiger partial charge in [0.1, 0.15) is 11.4 Å². The molecule has 0 unspecified atom stereocenters. The van der Waals surface area contributed by atoms with Crippen molar-refractivity contribution in [3.63, 3.8) is 0 Å². The molecule has 1 aromatic carbocycles. The fourth-order valence-corrected chi connectivity index (χ4v) is 3.29. The molecule has 10 heteroatoms. The molecule has 1 aliphatic heterocycles. The minimum absolute atomic E-state index is 0.0503. The van der Waals surface area contributed by atoms with E-state index in [2.05, 4.69) is 15.6 Å². The highest BCUT2D eigenvalue weighted by molar-refractivity contribution is 5.80. The van der Waals surface area contributed by atoms with Gasteiger partial charge in [-0.15, -0.1) is 0 Å². The molecule has 31 heavy (non-hydrogen) atoms. The standard InChI is InChI=1S/C21H31F3N4O3/c1-20(2,3)31-16-7-6-14(17(12-16)21(22,23)24)13-26-18(25-4)27-15-8-10-28(11-9-15)19(29)30-5/h6-7,12,15H,8-11,13H2,1-5H3,(H2,25,26,27). The summed E-state index contributed by atoms with van der Waals surface area (Å²) in [6.07, 6.45) is -3.50. The number of nitrogens with one attached hydrogen (secondary N) is 2. The molecule has 1 saturated heterocycles. The molecule has 2 N–H and O–H groups in total. The lowest BCUT2D eigenvalue weighted by Crippen LogP contribution is -2.49. The van der Waals surface area contributed by atoms with Gasteiger partial charge in [-0.1, -0.05) is 6.07 Å². The predicted octanol–water partition coefficient (Wildman–Crippen LogP) is 3.78. The normalized spacial score (nSPS) is 16.1. The molecule has 0 bridgehead atoms. The van der Waals surface area contributed by atoms with E-state index in [0.717, 1.165) is 6.07 Å². The molecule has 1 fully saturated rings. The van der Waals surface area contributed by atoms with E-state index in [9.17, 15) is 18.0 Å². The Kier molecular flexibility index (Phi) is 8.02. The average Bonchev–Trinajstić information content (AvgIpc) is 2.69. The number of methoxy groups -OCH3 is 1. The quantitative estimate of drug-likeness (QED) is 0.546. The number of ether oxygens (including phenoxy) is 2. The zero-order chi connectivity index (χ0) is 23.2. The van der Waals surface area contributed by atoms with Crippen molar-refractivity contribution in [3.05, 3.63) is 29.3 Å². The average molecular weight is 444 g/mol. The third-order valence-corrected chi connectivity index (χ3v) is 4.75. The molecule has 0 spiro atoms. The Morgan fingerprint density at radius 1 is 1.23 bits per heavy atom. The molecule has 2 rings (SSSR count). The van der Waals surface area contributed by atoms with Gasteiger partial charge >= 0.3 is 12.3 Å². The largest absolute Gasteiger partial charge is 0.488 e. The fourth-order valence-electron chi connectivity index (χ4n) is 3.29. The molecule has 174 valence electrons. The van der Waals surface area contributed by atoms with E-state index in [1.54, 1.807) is 32.7 Å². The number of hydrogen-bond donors (Lipinski definition) is 2. The second-order valence-electron chi connectivity index (χ2n) is 8.33. The summed E-state index contributed by atoms with van der Waals surface area (Å²) in [5.74, 6) is 0.572. The van der Waals surface area contributed by atoms with Gasteiger partial charge in [-0.2, -0.15) is 13.2 Å². The molecule has 0 atom stereocenters. The van der Waals surface area contributed by atoms with Crippen molar-refractivity contribution in [3.8, 4) is 5.75 Å². The van der Waals surface area contributed by atoms with Gasteiger partial charge in [0.05, 0.1) is 12.7 Å². The number of nitrogens with zero attached hydrogens (tertiary/aromatic N) is 2. The summed E-state index contributed by atoms with van der Waals surface area (Å²) in [6.45, 7) is 6.36. The first-order valence-corrected chi connectivity index (χ1v) is 10.1. The first-order chi connectivity index (χ1) is 14.4. The second-order valence-corrected chi connectivity index (χ2v) is 8.33. The van der Waals surface area contributed by atoms with Crippen LogP contribution < -0.4 is 15.4 Å². The first kappa shape index (κ1) is 24.6. The maximum Gasteiger partial charge on any atom is 0.416 e. The molecule has 0 aliphatic carbocycles. The minimum atomic E-state index is -4.51. The highest BCUT2D eigenvalue weighted by atomic mass is 19.4. The third-order valence-electron chi connectivity index (χ3n) is 4.75. The van der Waals surface area contributed by atoms with Crippen molar-refractivity contribution >= 4 is 12.1 Å². The van der Waals surface area contributed by atoms with Crippen LogP contribution in [0.25, 0.3) is 0 Å². The zero-order valence-corrected chi connectivity index (χ0v) is 18.6. The van der Waals surface area contributed by atoms with Crippen LogP contribution in [0.5, 0.6) is 5.75 Å². The molecular formula is C21H31F3N4O3. The number of piperidine rings is 1. The molecule has 0 aromatic heterocycles. The Hall–Kier alpha value is -2.65. The second kappa shape index (κ2) is 10.1. The summed E-state index contributed by atoms with van der Waals surface area (Å²) >= 11 is 0. The van der Waals surface area contributed by atoms with Gasteiger partial charge in [-0.25, -0.2) is 4.79 Å². The maximum atomic E-state index is 13.6. The number of likely N-dealkylation sites (tertiary alicyclic amines) is 1. The van der Waals surface area contributed by atoms with Crippen LogP contribution in [0.3, 0.4) is 0 Å². The first-order valence-electron chi connectivity index (χ1n) is 10.1. The van der Waals surface area contributed by atoms with E-state index < -0.39 is 17.3 Å². The van der Waals surface area contributed by atoms with Gasteiger partial charge in [0.2, 0.25) is 0 Å². The van der Waals surface area contributed by atoms with Gasteiger partial charge in [0.25, 0.3) is 0 Å². The third kappa shape index (κ3) is 7.52. The number of guanidine groups is 1. The van der Waals surface area contributed by atoms with Crippen LogP contribution in [-0.2, 0) is 17.5 Å². The molecule has 0 radical (unpaired) electrons. The van der Waals surface area contributed by atoms with Gasteiger partial charge in [0, 0.05) is 32.7 Å². The zero-order valence-electron chi connectivity index (χ0n) is 18.6. The van der Waals surface area contributed by atoms with Crippen molar-refractivity contribution in [1.82, 2.24) is 15.5 Å². The summed E-state index contributed by atoms with van der Waals surface area (Å²) in [5.41, 5.74) is -1.25. The highest BCUT2D eigenvalue weighted by Crippen LogP contribution is 2.35. The molecule has 1 heterocycles. The number of hydrogen-bond acceptors (Lipinski definition) is 4. The van der Waals surface area contributed by atoms with Crippen molar-refractivity contribution in [2.75, 3.05) is 27.2 Å². The number of benzene rings is 1. The number of carbonyl (C=O) groups excluding carboxylic acids is 1. The van der Waals surface area contributed by atoms with Crippen LogP contribution >= 0.6 is 0 Å². The summed E-state index contributed by atoms with van der Waals surface area (Å²) in [5, 5.41) is 6.16. The molecule has 1 aromatic rings. The van der Waals surface area contributed by atoms with E-state index >= 15 is 0 Å². The van der Waals surface area contributed by atoms with Crippen LogP contribution in [0.15, 0.2) is 23.2 Å². The van der Waals surface area contributed by atoms with Crippen molar-refractivity contribution < 1.29 is 27.4 Å². The van der Waals surface area contributed by atoms with E-state index in [1.165, 1.54) is 19.2 Å². The Bertz CT molecular complexity index is 783. The Morgan fingerprint density at radius 3 is 2.39 bits per heavy atom. The smallest absolute Gasteiger partial charge is 0.416 e. The number of carbonyl (C=O) groups is 1. The lowest BCUT2D eigenvalue weighted by atomic mass is 10.1. The van der Waals surface area contributed by atoms with Crippen LogP contribution in [0, 0.1) is 0 Å². The van der Waals surface area contributed by atoms with E-state index in [1.807, 2.05) is 0 Å². The molecule has 7 nitrogen and oxygen atoms in total. The number of aliphatic imine (C=N–C) groups is 1. The van der Waals surface area contributed by atoms with Crippen molar-refractivity contribution in [2.24, 2.45) is 4.99 Å². The Morgan fingerprint density at radius 2 is 1.87 bits per heavy atom. The Labute approximate surface area is 181 Å². The predicted molar refractivity (Wildman–Crippen MR) is 112 cm³/mol. The summed E-state index contributed by atoms with van der Waals surface area (Å²) in [4.78, 5) is 17.3. The fraction of sp³-hybridized carbons (Fsp3) is 0.619. The van der Waals surface area contributed by atoms with Crippen molar-refractivity contribution in [2.45, 2.75) is 58.0 Å². The number of halogens is 3. The SMILES string of the molecule is CN=C(NCc1ccc(OC(C)(C)C)cc1C(F)(F)F)NC1CCN(C(=O)OC)CC1. The van der Waals surface area contributed by atoms with Gasteiger partial charge < -0.3 is 25.0 Å². The minimum Gasteiger partial charge on any atom is -0.488 e. The van der Waals surface area contributed by atoms with Crippen molar-refractivity contribution in [1.29, 1.82) is 0 Å². The van der Waals surface area contributed by atoms with Crippen LogP contribution in [0.1, 0.15) is 44.7 Å². The van der Waals surface area contributed by atoms with E-state index in [0.29, 0.717) is 31.9 Å². The van der Waals surface area contributed by atoms with Gasteiger partial charge in [-0.05, 0) is 51.3 Å². The topological polar surface area (TPSA) is 75.2 Å². The number of rotatable bonds is 4. The maximum absolute atomic E-state index is 13.6. The van der Waals surface area contributed by atoms with Gasteiger partial charge in [0.15, 0.2) is 5.96 Å². The van der Waals surface area contributed by atoms with E-state index in [-0.39, 0.29) is 30.0 Å². The van der Waals surface area contributed by atoms with Gasteiger partial charge in [-0.3, -0.25) is 4.99 Å². The molecular weight excluding hydrogens is 413 g/mol. The Balaban J connectivity index is 2.01. The monoisotopic (exact) mass is 444 g/mol. The number of alkyl halides is 3. The van der Waals surface area contributed by atoms with Crippen LogP contribution in [-0.4, -0.2) is 55.8 Å². The lowest BCUT2D eigenvalue weighted by molar-refractivity contribution is -0.138.